The molecule has 0 bridgehead atoms. The van der Waals surface area contributed by atoms with Gasteiger partial charge < -0.3 is 0 Å². The maximum absolute atomic E-state index is 6.52. The van der Waals surface area contributed by atoms with Crippen LogP contribution >= 0.6 is 22.9 Å². The van der Waals surface area contributed by atoms with Gasteiger partial charge in [-0.05, 0) is 6.92 Å². The summed E-state index contributed by atoms with van der Waals surface area (Å²) in [7, 11) is 0. The zero-order chi connectivity index (χ0) is 6.41. The lowest BCUT2D eigenvalue weighted by Crippen LogP contribution is -2.11. The molecule has 0 atom stereocenters. The molecule has 0 heterocycles. The number of nitrogens with zero attached hydrogens (tertiary/aromatic N) is 3. The molecule has 0 aromatic carbocycles. The predicted octanol–water partition coefficient (Wildman–Crippen LogP) is 1.63. The zero-order valence-electron chi connectivity index (χ0n) is 4.50. The summed E-state index contributed by atoms with van der Waals surface area (Å²) in [6, 6.07) is 0. The molecule has 46 valence electrons. The largest absolute Gasteiger partial charge is 0.236 e. The van der Waals surface area contributed by atoms with Crippen molar-refractivity contribution in [2.24, 2.45) is 8.43 Å². The van der Waals surface area contributed by atoms with E-state index in [4.69, 9.17) is 5.53 Å². The van der Waals surface area contributed by atoms with E-state index in [9.17, 15) is 0 Å². The molecular formula is C3H7IN4. The number of rotatable bonds is 3. The SMILES string of the molecule is CCN(C=NI)N=N. The van der Waals surface area contributed by atoms with Crippen LogP contribution in [0.5, 0.6) is 0 Å². The first-order valence-electron chi connectivity index (χ1n) is 2.13. The molecule has 5 heteroatoms. The van der Waals surface area contributed by atoms with Crippen LogP contribution in [0.15, 0.2) is 8.43 Å². The summed E-state index contributed by atoms with van der Waals surface area (Å²) in [5, 5.41) is 4.55. The second kappa shape index (κ2) is 4.95. The van der Waals surface area contributed by atoms with E-state index < -0.39 is 0 Å². The van der Waals surface area contributed by atoms with Crippen molar-refractivity contribution in [1.82, 2.24) is 5.01 Å². The molecule has 0 unspecified atom stereocenters. The first-order valence-corrected chi connectivity index (χ1v) is 3.10. The maximum atomic E-state index is 6.52. The third-order valence-electron chi connectivity index (χ3n) is 0.629. The number of hydrogen-bond acceptors (Lipinski definition) is 3. The van der Waals surface area contributed by atoms with Gasteiger partial charge in [0.1, 0.15) is 6.34 Å². The fraction of sp³-hybridized carbons (Fsp3) is 0.667. The Morgan fingerprint density at radius 3 is 2.62 bits per heavy atom. The highest BCUT2D eigenvalue weighted by molar-refractivity contribution is 14.1. The molecule has 0 aliphatic heterocycles. The molecule has 0 radical (unpaired) electrons. The highest BCUT2D eigenvalue weighted by Gasteiger charge is 1.86. The lowest BCUT2D eigenvalue weighted by Gasteiger charge is -2.03. The summed E-state index contributed by atoms with van der Waals surface area (Å²) in [5.74, 6) is 0. The number of hydrogen-bond donors (Lipinski definition) is 1. The summed E-state index contributed by atoms with van der Waals surface area (Å²) in [6.45, 7) is 2.59. The van der Waals surface area contributed by atoms with Crippen LogP contribution in [-0.4, -0.2) is 17.9 Å². The first kappa shape index (κ1) is 7.80. The number of halogens is 1. The van der Waals surface area contributed by atoms with Crippen molar-refractivity contribution in [2.45, 2.75) is 6.92 Å². The molecule has 4 nitrogen and oxygen atoms in total. The van der Waals surface area contributed by atoms with Crippen molar-refractivity contribution in [1.29, 1.82) is 5.53 Å². The Morgan fingerprint density at radius 2 is 2.50 bits per heavy atom. The standard InChI is InChI=1S/C3H7IN4/c1-2-8(7-5)3-6-4/h3,5H,2H2,1H3. The average Bonchev–Trinajstić information content (AvgIpc) is 1.83. The Balaban J connectivity index is 3.52. The molecule has 0 aromatic heterocycles. The smallest absolute Gasteiger partial charge is 0.120 e. The summed E-state index contributed by atoms with van der Waals surface area (Å²) in [4.78, 5) is 0. The van der Waals surface area contributed by atoms with E-state index in [0.29, 0.717) is 6.54 Å². The Labute approximate surface area is 61.9 Å². The fourth-order valence-electron chi connectivity index (χ4n) is 0.229. The van der Waals surface area contributed by atoms with Gasteiger partial charge in [0.2, 0.25) is 0 Å². The van der Waals surface area contributed by atoms with Gasteiger partial charge in [-0.3, -0.25) is 0 Å². The van der Waals surface area contributed by atoms with Gasteiger partial charge in [-0.25, -0.2) is 8.21 Å². The van der Waals surface area contributed by atoms with Crippen molar-refractivity contribution >= 4 is 29.2 Å². The van der Waals surface area contributed by atoms with E-state index in [-0.39, 0.29) is 0 Å². The van der Waals surface area contributed by atoms with Crippen LogP contribution in [0.2, 0.25) is 0 Å². The molecule has 0 saturated heterocycles. The van der Waals surface area contributed by atoms with Crippen molar-refractivity contribution in [3.8, 4) is 0 Å². The minimum atomic E-state index is 0.690. The molecule has 8 heavy (non-hydrogen) atoms. The molecule has 0 amide bonds. The average molecular weight is 226 g/mol. The second-order valence-corrected chi connectivity index (χ2v) is 1.63. The van der Waals surface area contributed by atoms with E-state index in [1.807, 2.05) is 29.8 Å². The molecule has 0 rings (SSSR count). The summed E-state index contributed by atoms with van der Waals surface area (Å²) in [5.41, 5.74) is 6.52. The van der Waals surface area contributed by atoms with Gasteiger partial charge in [0.25, 0.3) is 0 Å². The van der Waals surface area contributed by atoms with Gasteiger partial charge in [0.05, 0.1) is 22.9 Å². The minimum absolute atomic E-state index is 0.690. The Kier molecular flexibility index (Phi) is 4.82. The zero-order valence-corrected chi connectivity index (χ0v) is 6.66. The van der Waals surface area contributed by atoms with Crippen LogP contribution in [0.4, 0.5) is 0 Å². The highest BCUT2D eigenvalue weighted by Crippen LogP contribution is 1.85. The van der Waals surface area contributed by atoms with E-state index in [1.54, 1.807) is 0 Å². The molecule has 0 aliphatic carbocycles. The molecule has 0 spiro atoms. The monoisotopic (exact) mass is 226 g/mol. The van der Waals surface area contributed by atoms with Crippen LogP contribution in [0.3, 0.4) is 0 Å². The van der Waals surface area contributed by atoms with Gasteiger partial charge in [-0.1, -0.05) is 5.22 Å². The third kappa shape index (κ3) is 2.89. The van der Waals surface area contributed by atoms with Crippen molar-refractivity contribution in [3.05, 3.63) is 0 Å². The van der Waals surface area contributed by atoms with Crippen molar-refractivity contribution in [3.63, 3.8) is 0 Å². The Morgan fingerprint density at radius 1 is 1.88 bits per heavy atom. The third-order valence-corrected chi connectivity index (χ3v) is 0.879. The Hall–Kier alpha value is -0.200. The summed E-state index contributed by atoms with van der Waals surface area (Å²) >= 11 is 1.83. The minimum Gasteiger partial charge on any atom is -0.236 e. The first-order chi connectivity index (χ1) is 3.85. The van der Waals surface area contributed by atoms with Crippen LogP contribution in [0.1, 0.15) is 6.92 Å². The van der Waals surface area contributed by atoms with Crippen molar-refractivity contribution in [2.75, 3.05) is 6.54 Å². The van der Waals surface area contributed by atoms with Crippen molar-refractivity contribution < 1.29 is 0 Å². The normalized spacial score (nSPS) is 9.75. The van der Waals surface area contributed by atoms with Crippen LogP contribution in [0.25, 0.3) is 0 Å². The van der Waals surface area contributed by atoms with Gasteiger partial charge >= 0.3 is 0 Å². The molecule has 1 N–H and O–H groups in total. The van der Waals surface area contributed by atoms with E-state index in [1.165, 1.54) is 11.3 Å². The predicted molar refractivity (Wildman–Crippen MR) is 40.0 cm³/mol. The highest BCUT2D eigenvalue weighted by atomic mass is 127. The molecule has 0 fully saturated rings. The lowest BCUT2D eigenvalue weighted by molar-refractivity contribution is 0.440. The maximum Gasteiger partial charge on any atom is 0.120 e. The van der Waals surface area contributed by atoms with Gasteiger partial charge in [0.15, 0.2) is 0 Å². The molecule has 0 aromatic rings. The Bertz CT molecular complexity index is 91.3. The second-order valence-electron chi connectivity index (χ2n) is 1.07. The van der Waals surface area contributed by atoms with Gasteiger partial charge in [-0.15, -0.1) is 0 Å². The molecule has 0 aliphatic rings. The number of nitrogens with one attached hydrogen (secondary N) is 1. The van der Waals surface area contributed by atoms with E-state index >= 15 is 0 Å². The summed E-state index contributed by atoms with van der Waals surface area (Å²) in [6.07, 6.45) is 1.49. The quantitative estimate of drug-likeness (QED) is 0.257. The van der Waals surface area contributed by atoms with Gasteiger partial charge in [-0.2, -0.15) is 5.53 Å². The van der Waals surface area contributed by atoms with E-state index in [2.05, 4.69) is 8.43 Å². The van der Waals surface area contributed by atoms with Crippen LogP contribution in [-0.2, 0) is 0 Å². The van der Waals surface area contributed by atoms with Crippen LogP contribution < -0.4 is 0 Å². The topological polar surface area (TPSA) is 51.8 Å². The van der Waals surface area contributed by atoms with E-state index in [0.717, 1.165) is 0 Å². The van der Waals surface area contributed by atoms with Crippen LogP contribution in [0, 0.1) is 5.53 Å². The lowest BCUT2D eigenvalue weighted by atomic mass is 10.7. The molecular weight excluding hydrogens is 219 g/mol. The molecule has 0 saturated carbocycles. The fourth-order valence-corrected chi connectivity index (χ4v) is 0.516. The van der Waals surface area contributed by atoms with Gasteiger partial charge in [0, 0.05) is 6.54 Å². The summed E-state index contributed by atoms with van der Waals surface area (Å²) < 4.78 is 3.63.